The predicted molar refractivity (Wildman–Crippen MR) is 139 cm³/mol. The number of amides is 1. The number of ether oxygens (including phenoxy) is 1. The maximum Gasteiger partial charge on any atom is 0.237 e. The molecular formula is C28H40N2O3S. The van der Waals surface area contributed by atoms with Crippen molar-refractivity contribution in [3.63, 3.8) is 0 Å². The molecule has 1 amide bonds. The fraction of sp³-hybridized carbons (Fsp3) is 0.607. The number of carbonyl (C=O) groups is 1. The van der Waals surface area contributed by atoms with Gasteiger partial charge in [0, 0.05) is 24.5 Å². The van der Waals surface area contributed by atoms with E-state index < -0.39 is 0 Å². The second kappa shape index (κ2) is 11.7. The van der Waals surface area contributed by atoms with Crippen LogP contribution in [0.15, 0.2) is 35.7 Å². The van der Waals surface area contributed by atoms with Crippen LogP contribution in [0, 0.1) is 5.92 Å². The van der Waals surface area contributed by atoms with Crippen molar-refractivity contribution in [3.8, 4) is 5.75 Å². The first-order chi connectivity index (χ1) is 16.4. The first-order valence-corrected chi connectivity index (χ1v) is 13.8. The van der Waals surface area contributed by atoms with Crippen molar-refractivity contribution < 1.29 is 14.6 Å². The van der Waals surface area contributed by atoms with Crippen LogP contribution in [0.3, 0.4) is 0 Å². The molecule has 1 aromatic heterocycles. The Labute approximate surface area is 208 Å². The lowest BCUT2D eigenvalue weighted by Crippen LogP contribution is -2.48. The highest BCUT2D eigenvalue weighted by Gasteiger charge is 2.34. The highest BCUT2D eigenvalue weighted by molar-refractivity contribution is 7.10. The van der Waals surface area contributed by atoms with Gasteiger partial charge in [-0.2, -0.15) is 0 Å². The number of thiophene rings is 1. The lowest BCUT2D eigenvalue weighted by atomic mass is 10.00. The van der Waals surface area contributed by atoms with Crippen molar-refractivity contribution in [1.82, 2.24) is 9.80 Å². The van der Waals surface area contributed by atoms with Crippen LogP contribution in [0.1, 0.15) is 74.4 Å². The fourth-order valence-electron chi connectivity index (χ4n) is 4.87. The van der Waals surface area contributed by atoms with Gasteiger partial charge in [-0.15, -0.1) is 11.3 Å². The predicted octanol–water partition coefficient (Wildman–Crippen LogP) is 5.25. The summed E-state index contributed by atoms with van der Waals surface area (Å²) in [6.45, 7) is 9.51. The number of nitrogens with zero attached hydrogens (tertiary/aromatic N) is 2. The molecule has 34 heavy (non-hydrogen) atoms. The molecule has 1 N–H and O–H groups in total. The van der Waals surface area contributed by atoms with E-state index in [2.05, 4.69) is 49.3 Å². The molecule has 1 aromatic carbocycles. The van der Waals surface area contributed by atoms with Gasteiger partial charge in [0.2, 0.25) is 5.91 Å². The van der Waals surface area contributed by atoms with Gasteiger partial charge in [-0.05, 0) is 72.2 Å². The van der Waals surface area contributed by atoms with E-state index in [4.69, 9.17) is 4.74 Å². The van der Waals surface area contributed by atoms with Gasteiger partial charge >= 0.3 is 0 Å². The van der Waals surface area contributed by atoms with Crippen LogP contribution in [0.25, 0.3) is 0 Å². The van der Waals surface area contributed by atoms with E-state index in [0.29, 0.717) is 31.5 Å². The van der Waals surface area contributed by atoms with Crippen molar-refractivity contribution in [2.24, 2.45) is 5.92 Å². The van der Waals surface area contributed by atoms with Crippen molar-refractivity contribution in [1.29, 1.82) is 0 Å². The minimum atomic E-state index is -0.366. The Kier molecular flexibility index (Phi) is 8.67. The van der Waals surface area contributed by atoms with Crippen molar-refractivity contribution in [2.75, 3.05) is 32.8 Å². The molecule has 1 fully saturated rings. The van der Waals surface area contributed by atoms with Crippen LogP contribution in [0.5, 0.6) is 5.75 Å². The maximum absolute atomic E-state index is 13.6. The first kappa shape index (κ1) is 25.2. The number of rotatable bonds is 12. The number of fused-ring (bicyclic) bond motifs is 1. The molecule has 0 bridgehead atoms. The third-order valence-corrected chi connectivity index (χ3v) is 8.03. The highest BCUT2D eigenvalue weighted by Crippen LogP contribution is 2.35. The summed E-state index contributed by atoms with van der Waals surface area (Å²) >= 11 is 1.78. The third kappa shape index (κ3) is 6.61. The topological polar surface area (TPSA) is 53.0 Å². The molecule has 2 aliphatic rings. The Morgan fingerprint density at radius 2 is 2.00 bits per heavy atom. The Morgan fingerprint density at radius 1 is 1.24 bits per heavy atom. The zero-order chi connectivity index (χ0) is 24.1. The molecule has 186 valence electrons. The summed E-state index contributed by atoms with van der Waals surface area (Å²) in [4.78, 5) is 19.1. The molecule has 1 aliphatic carbocycles. The molecular weight excluding hydrogens is 444 g/mol. The zero-order valence-corrected chi connectivity index (χ0v) is 21.7. The molecule has 6 heteroatoms. The van der Waals surface area contributed by atoms with Crippen LogP contribution in [0.4, 0.5) is 0 Å². The van der Waals surface area contributed by atoms with E-state index in [1.165, 1.54) is 28.8 Å². The SMILES string of the molecule is CCCC(O)CN(CC(=O)N1CCc2sccc2C1COc1ccc(C(C)C)cc1)CC1CC1. The molecule has 0 radical (unpaired) electrons. The van der Waals surface area contributed by atoms with Crippen LogP contribution in [0.2, 0.25) is 0 Å². The van der Waals surface area contributed by atoms with Crippen LogP contribution in [-0.4, -0.2) is 59.7 Å². The quantitative estimate of drug-likeness (QED) is 0.447. The van der Waals surface area contributed by atoms with Crippen molar-refractivity contribution >= 4 is 17.2 Å². The van der Waals surface area contributed by atoms with Gasteiger partial charge in [0.1, 0.15) is 12.4 Å². The molecule has 2 atom stereocenters. The summed E-state index contributed by atoms with van der Waals surface area (Å²) < 4.78 is 6.22. The Balaban J connectivity index is 1.44. The third-order valence-electron chi connectivity index (χ3n) is 7.03. The van der Waals surface area contributed by atoms with E-state index in [1.807, 2.05) is 17.0 Å². The summed E-state index contributed by atoms with van der Waals surface area (Å²) in [7, 11) is 0. The standard InChI is InChI=1S/C28H40N2O3S/c1-4-5-23(31)17-29(16-21-6-7-21)18-28(32)30-14-12-27-25(13-15-34-27)26(30)19-33-24-10-8-22(9-11-24)20(2)3/h8-11,13,15,20-21,23,26,31H,4-7,12,14,16-19H2,1-3H3. The van der Waals surface area contributed by atoms with E-state index in [9.17, 15) is 9.90 Å². The summed E-state index contributed by atoms with van der Waals surface area (Å²) in [5.41, 5.74) is 2.52. The number of aliphatic hydroxyl groups excluding tert-OH is 1. The number of benzene rings is 1. The largest absolute Gasteiger partial charge is 0.491 e. The Morgan fingerprint density at radius 3 is 2.68 bits per heavy atom. The van der Waals surface area contributed by atoms with Gasteiger partial charge in [-0.3, -0.25) is 9.69 Å². The van der Waals surface area contributed by atoms with E-state index in [0.717, 1.165) is 38.1 Å². The summed E-state index contributed by atoms with van der Waals surface area (Å²) in [6, 6.07) is 10.4. The molecule has 5 nitrogen and oxygen atoms in total. The minimum Gasteiger partial charge on any atom is -0.491 e. The average Bonchev–Trinajstić information content (AvgIpc) is 3.49. The molecule has 1 aliphatic heterocycles. The summed E-state index contributed by atoms with van der Waals surface area (Å²) in [6.07, 6.45) is 4.75. The minimum absolute atomic E-state index is 0.0735. The van der Waals surface area contributed by atoms with E-state index in [1.54, 1.807) is 11.3 Å². The normalized spacial score (nSPS) is 18.9. The fourth-order valence-corrected chi connectivity index (χ4v) is 5.80. The summed E-state index contributed by atoms with van der Waals surface area (Å²) in [5, 5.41) is 12.5. The molecule has 1 saturated carbocycles. The van der Waals surface area contributed by atoms with E-state index >= 15 is 0 Å². The average molecular weight is 485 g/mol. The van der Waals surface area contributed by atoms with Crippen LogP contribution < -0.4 is 4.74 Å². The Hall–Kier alpha value is -1.89. The molecule has 2 unspecified atom stereocenters. The Bertz CT molecular complexity index is 922. The van der Waals surface area contributed by atoms with E-state index in [-0.39, 0.29) is 18.1 Å². The zero-order valence-electron chi connectivity index (χ0n) is 20.9. The first-order valence-electron chi connectivity index (χ1n) is 12.9. The maximum atomic E-state index is 13.6. The number of aliphatic hydroxyl groups is 1. The van der Waals surface area contributed by atoms with Crippen LogP contribution in [-0.2, 0) is 11.2 Å². The van der Waals surface area contributed by atoms with Gasteiger partial charge in [0.05, 0.1) is 18.7 Å². The van der Waals surface area contributed by atoms with Crippen molar-refractivity contribution in [3.05, 3.63) is 51.7 Å². The van der Waals surface area contributed by atoms with Gasteiger partial charge in [0.15, 0.2) is 0 Å². The lowest BCUT2D eigenvalue weighted by molar-refractivity contribution is -0.136. The smallest absolute Gasteiger partial charge is 0.237 e. The molecule has 2 heterocycles. The van der Waals surface area contributed by atoms with Gasteiger partial charge < -0.3 is 14.7 Å². The molecule has 0 spiro atoms. The number of hydrogen-bond donors (Lipinski definition) is 1. The molecule has 4 rings (SSSR count). The number of hydrogen-bond acceptors (Lipinski definition) is 5. The second-order valence-electron chi connectivity index (χ2n) is 10.3. The van der Waals surface area contributed by atoms with Crippen molar-refractivity contribution in [2.45, 2.75) is 70.9 Å². The highest BCUT2D eigenvalue weighted by atomic mass is 32.1. The molecule has 2 aromatic rings. The monoisotopic (exact) mass is 484 g/mol. The van der Waals surface area contributed by atoms with Gasteiger partial charge in [0.25, 0.3) is 0 Å². The number of carbonyl (C=O) groups excluding carboxylic acids is 1. The summed E-state index contributed by atoms with van der Waals surface area (Å²) in [5.74, 6) is 2.16. The van der Waals surface area contributed by atoms with Gasteiger partial charge in [-0.1, -0.05) is 39.3 Å². The van der Waals surface area contributed by atoms with Gasteiger partial charge in [-0.25, -0.2) is 0 Å². The lowest BCUT2D eigenvalue weighted by Gasteiger charge is -2.37. The second-order valence-corrected chi connectivity index (χ2v) is 11.3. The van der Waals surface area contributed by atoms with Crippen LogP contribution >= 0.6 is 11.3 Å². The molecule has 0 saturated heterocycles.